The monoisotopic (exact) mass is 437 g/mol. The predicted octanol–water partition coefficient (Wildman–Crippen LogP) is 2.04. The molecule has 1 aromatic heterocycles. The van der Waals surface area contributed by atoms with Crippen molar-refractivity contribution < 1.29 is 17.9 Å². The molecule has 0 bridgehead atoms. The molecule has 0 aliphatic carbocycles. The van der Waals surface area contributed by atoms with Crippen LogP contribution in [0.3, 0.4) is 0 Å². The number of carbonyl (C=O) groups is 1. The summed E-state index contributed by atoms with van der Waals surface area (Å²) in [5.74, 6) is -0.146. The third-order valence-electron chi connectivity index (χ3n) is 4.83. The van der Waals surface area contributed by atoms with Crippen LogP contribution in [0.25, 0.3) is 0 Å². The molecule has 1 amide bonds. The number of rotatable bonds is 8. The summed E-state index contributed by atoms with van der Waals surface area (Å²) < 4.78 is 34.1. The SMILES string of the molecule is CC(=O)NCc1ccc(S(=O)(=O)NCC(c2ccc(C)cc2)N2CCOCC2)s1. The van der Waals surface area contributed by atoms with Gasteiger partial charge in [0.15, 0.2) is 0 Å². The minimum Gasteiger partial charge on any atom is -0.379 e. The molecule has 29 heavy (non-hydrogen) atoms. The summed E-state index contributed by atoms with van der Waals surface area (Å²) in [5.41, 5.74) is 2.25. The highest BCUT2D eigenvalue weighted by Crippen LogP contribution is 2.25. The van der Waals surface area contributed by atoms with Crippen molar-refractivity contribution in [1.82, 2.24) is 14.9 Å². The van der Waals surface area contributed by atoms with Gasteiger partial charge in [-0.15, -0.1) is 11.3 Å². The Morgan fingerprint density at radius 1 is 1.17 bits per heavy atom. The standard InChI is InChI=1S/C20H27N3O4S2/c1-15-3-5-17(6-4-15)19(23-9-11-27-12-10-23)14-22-29(25,26)20-8-7-18(28-20)13-21-16(2)24/h3-8,19,22H,9-14H2,1-2H3,(H,21,24). The fourth-order valence-electron chi connectivity index (χ4n) is 3.20. The Hall–Kier alpha value is -1.78. The Morgan fingerprint density at radius 3 is 2.52 bits per heavy atom. The average Bonchev–Trinajstić information content (AvgIpc) is 3.19. The van der Waals surface area contributed by atoms with Crippen LogP contribution in [-0.4, -0.2) is 52.1 Å². The Bertz CT molecular complexity index is 919. The Balaban J connectivity index is 1.72. The van der Waals surface area contributed by atoms with Gasteiger partial charge in [0.1, 0.15) is 4.21 Å². The summed E-state index contributed by atoms with van der Waals surface area (Å²) in [4.78, 5) is 14.1. The first-order chi connectivity index (χ1) is 13.8. The summed E-state index contributed by atoms with van der Waals surface area (Å²) in [7, 11) is -3.63. The molecular weight excluding hydrogens is 410 g/mol. The zero-order valence-electron chi connectivity index (χ0n) is 16.7. The molecule has 2 heterocycles. The lowest BCUT2D eigenvalue weighted by Crippen LogP contribution is -2.43. The van der Waals surface area contributed by atoms with Crippen LogP contribution in [0.4, 0.5) is 0 Å². The van der Waals surface area contributed by atoms with Gasteiger partial charge < -0.3 is 10.1 Å². The maximum absolute atomic E-state index is 12.8. The molecule has 1 unspecified atom stereocenters. The lowest BCUT2D eigenvalue weighted by Gasteiger charge is -2.34. The molecule has 7 nitrogen and oxygen atoms in total. The number of carbonyl (C=O) groups excluding carboxylic acids is 1. The van der Waals surface area contributed by atoms with E-state index in [2.05, 4.69) is 27.1 Å². The lowest BCUT2D eigenvalue weighted by molar-refractivity contribution is -0.119. The zero-order valence-corrected chi connectivity index (χ0v) is 18.3. The quantitative estimate of drug-likeness (QED) is 0.660. The molecule has 1 saturated heterocycles. The second kappa shape index (κ2) is 9.82. The van der Waals surface area contributed by atoms with Gasteiger partial charge in [-0.2, -0.15) is 0 Å². The molecule has 2 N–H and O–H groups in total. The number of aryl methyl sites for hydroxylation is 1. The van der Waals surface area contributed by atoms with Crippen molar-refractivity contribution in [2.45, 2.75) is 30.6 Å². The van der Waals surface area contributed by atoms with Gasteiger partial charge in [0.05, 0.1) is 19.8 Å². The van der Waals surface area contributed by atoms with E-state index in [1.54, 1.807) is 12.1 Å². The highest BCUT2D eigenvalue weighted by molar-refractivity contribution is 7.91. The fraction of sp³-hybridized carbons (Fsp3) is 0.450. The smallest absolute Gasteiger partial charge is 0.250 e. The third-order valence-corrected chi connectivity index (χ3v) is 7.83. The Labute approximate surface area is 176 Å². The summed E-state index contributed by atoms with van der Waals surface area (Å²) >= 11 is 1.17. The molecule has 3 rings (SSSR count). The van der Waals surface area contributed by atoms with Crippen LogP contribution in [0.5, 0.6) is 0 Å². The molecule has 1 aromatic carbocycles. The van der Waals surface area contributed by atoms with E-state index in [1.807, 2.05) is 19.1 Å². The van der Waals surface area contributed by atoms with Crippen LogP contribution in [0.1, 0.15) is 29.0 Å². The van der Waals surface area contributed by atoms with Gasteiger partial charge in [-0.25, -0.2) is 13.1 Å². The minimum atomic E-state index is -3.63. The number of hydrogen-bond donors (Lipinski definition) is 2. The maximum atomic E-state index is 12.8. The third kappa shape index (κ3) is 6.10. The molecule has 1 aliphatic heterocycles. The Kier molecular flexibility index (Phi) is 7.42. The van der Waals surface area contributed by atoms with Gasteiger partial charge in [-0.05, 0) is 24.6 Å². The highest BCUT2D eigenvalue weighted by atomic mass is 32.2. The van der Waals surface area contributed by atoms with Gasteiger partial charge >= 0.3 is 0 Å². The van der Waals surface area contributed by atoms with E-state index in [9.17, 15) is 13.2 Å². The number of thiophene rings is 1. The molecule has 1 fully saturated rings. The number of nitrogens with one attached hydrogen (secondary N) is 2. The van der Waals surface area contributed by atoms with E-state index < -0.39 is 10.0 Å². The lowest BCUT2D eigenvalue weighted by atomic mass is 10.0. The number of hydrogen-bond acceptors (Lipinski definition) is 6. The molecule has 0 radical (unpaired) electrons. The molecule has 1 atom stereocenters. The zero-order chi connectivity index (χ0) is 20.9. The van der Waals surface area contributed by atoms with Crippen molar-refractivity contribution in [3.63, 3.8) is 0 Å². The first kappa shape index (κ1) is 21.9. The van der Waals surface area contributed by atoms with E-state index in [0.717, 1.165) is 23.5 Å². The van der Waals surface area contributed by atoms with E-state index in [-0.39, 0.29) is 22.7 Å². The van der Waals surface area contributed by atoms with Crippen molar-refractivity contribution >= 4 is 27.3 Å². The van der Waals surface area contributed by atoms with Gasteiger partial charge in [0.2, 0.25) is 15.9 Å². The first-order valence-corrected chi connectivity index (χ1v) is 11.9. The number of ether oxygens (including phenoxy) is 1. The highest BCUT2D eigenvalue weighted by Gasteiger charge is 2.25. The van der Waals surface area contributed by atoms with Crippen LogP contribution in [0, 0.1) is 6.92 Å². The largest absolute Gasteiger partial charge is 0.379 e. The molecule has 1 aliphatic rings. The van der Waals surface area contributed by atoms with Crippen LogP contribution in [-0.2, 0) is 26.1 Å². The van der Waals surface area contributed by atoms with E-state index in [1.165, 1.54) is 23.8 Å². The van der Waals surface area contributed by atoms with E-state index in [4.69, 9.17) is 4.74 Å². The summed E-state index contributed by atoms with van der Waals surface area (Å²) in [6, 6.07) is 11.5. The first-order valence-electron chi connectivity index (χ1n) is 9.56. The van der Waals surface area contributed by atoms with Crippen LogP contribution >= 0.6 is 11.3 Å². The molecule has 2 aromatic rings. The molecule has 9 heteroatoms. The minimum absolute atomic E-state index is 0.0620. The van der Waals surface area contributed by atoms with Crippen LogP contribution < -0.4 is 10.0 Å². The summed E-state index contributed by atoms with van der Waals surface area (Å²) in [6.07, 6.45) is 0. The second-order valence-corrected chi connectivity index (χ2v) is 10.2. The molecule has 0 saturated carbocycles. The second-order valence-electron chi connectivity index (χ2n) is 7.06. The normalized spacial score (nSPS) is 16.5. The number of amides is 1. The molecule has 0 spiro atoms. The number of nitrogens with zero attached hydrogens (tertiary/aromatic N) is 1. The number of benzene rings is 1. The molecule has 158 valence electrons. The molecular formula is C20H27N3O4S2. The van der Waals surface area contributed by atoms with Gasteiger partial charge in [-0.1, -0.05) is 29.8 Å². The van der Waals surface area contributed by atoms with Crippen LogP contribution in [0.2, 0.25) is 0 Å². The topological polar surface area (TPSA) is 87.7 Å². The van der Waals surface area contributed by atoms with E-state index >= 15 is 0 Å². The predicted molar refractivity (Wildman–Crippen MR) is 113 cm³/mol. The van der Waals surface area contributed by atoms with Gasteiger partial charge in [-0.3, -0.25) is 9.69 Å². The van der Waals surface area contributed by atoms with Crippen LogP contribution in [0.15, 0.2) is 40.6 Å². The summed E-state index contributed by atoms with van der Waals surface area (Å²) in [6.45, 7) is 6.90. The van der Waals surface area contributed by atoms with Crippen molar-refractivity contribution in [1.29, 1.82) is 0 Å². The van der Waals surface area contributed by atoms with Crippen molar-refractivity contribution in [2.75, 3.05) is 32.8 Å². The van der Waals surface area contributed by atoms with Gasteiger partial charge in [0, 0.05) is 37.5 Å². The average molecular weight is 438 g/mol. The van der Waals surface area contributed by atoms with Crippen molar-refractivity contribution in [3.8, 4) is 0 Å². The maximum Gasteiger partial charge on any atom is 0.250 e. The number of morpholine rings is 1. The fourth-order valence-corrected chi connectivity index (χ4v) is 5.58. The summed E-state index contributed by atoms with van der Waals surface area (Å²) in [5, 5.41) is 2.68. The van der Waals surface area contributed by atoms with Crippen molar-refractivity contribution in [2.24, 2.45) is 0 Å². The Morgan fingerprint density at radius 2 is 1.86 bits per heavy atom. The van der Waals surface area contributed by atoms with Gasteiger partial charge in [0.25, 0.3) is 0 Å². The van der Waals surface area contributed by atoms with Crippen molar-refractivity contribution in [3.05, 3.63) is 52.4 Å². The van der Waals surface area contributed by atoms with E-state index in [0.29, 0.717) is 19.8 Å². The number of sulfonamides is 1.